The van der Waals surface area contributed by atoms with E-state index >= 15 is 0 Å². The Hall–Kier alpha value is -1.95. The molecule has 0 unspecified atom stereocenters. The van der Waals surface area contributed by atoms with Gasteiger partial charge in [-0.15, -0.1) is 0 Å². The van der Waals surface area contributed by atoms with Crippen molar-refractivity contribution >= 4 is 21.9 Å². The van der Waals surface area contributed by atoms with Gasteiger partial charge < -0.3 is 4.18 Å². The standard InChI is InChI=1S/C12H7F5N2O3S2/c1-4-3-5(19-12(18-4)23-2)22-24(20,21)11-9(16)7(14)6(13)8(15)10(11)17/h3H,1-2H3. The van der Waals surface area contributed by atoms with E-state index in [0.717, 1.165) is 17.8 Å². The number of halogens is 5. The second-order valence-corrected chi connectivity index (χ2v) is 6.53. The Morgan fingerprint density at radius 1 is 0.958 bits per heavy atom. The molecule has 0 saturated carbocycles. The van der Waals surface area contributed by atoms with Crippen LogP contribution in [0.5, 0.6) is 5.88 Å². The Morgan fingerprint density at radius 3 is 1.96 bits per heavy atom. The van der Waals surface area contributed by atoms with Crippen molar-refractivity contribution in [3.63, 3.8) is 0 Å². The number of hydrogen-bond acceptors (Lipinski definition) is 6. The van der Waals surface area contributed by atoms with Crippen molar-refractivity contribution in [2.75, 3.05) is 6.26 Å². The van der Waals surface area contributed by atoms with Gasteiger partial charge in [0.2, 0.25) is 11.7 Å². The molecule has 130 valence electrons. The Labute approximate surface area is 137 Å². The number of hydrogen-bond donors (Lipinski definition) is 0. The summed E-state index contributed by atoms with van der Waals surface area (Å²) in [5, 5.41) is 0.0811. The van der Waals surface area contributed by atoms with Gasteiger partial charge in [-0.1, -0.05) is 11.8 Å². The van der Waals surface area contributed by atoms with Crippen LogP contribution < -0.4 is 4.18 Å². The minimum atomic E-state index is -5.37. The minimum Gasteiger partial charge on any atom is -0.358 e. The van der Waals surface area contributed by atoms with Gasteiger partial charge in [-0.05, 0) is 13.2 Å². The number of benzene rings is 1. The zero-order chi connectivity index (χ0) is 18.2. The molecule has 0 bridgehead atoms. The molecule has 2 aromatic rings. The van der Waals surface area contributed by atoms with Crippen LogP contribution in [0.4, 0.5) is 22.0 Å². The van der Waals surface area contributed by atoms with Crippen LogP contribution in [0.1, 0.15) is 5.69 Å². The van der Waals surface area contributed by atoms with Crippen LogP contribution >= 0.6 is 11.8 Å². The summed E-state index contributed by atoms with van der Waals surface area (Å²) in [5.41, 5.74) is 0.261. The fourth-order valence-corrected chi connectivity index (χ4v) is 3.03. The second kappa shape index (κ2) is 6.51. The largest absolute Gasteiger partial charge is 0.358 e. The molecule has 0 radical (unpaired) electrons. The smallest absolute Gasteiger partial charge is 0.346 e. The average Bonchev–Trinajstić information content (AvgIpc) is 2.49. The Kier molecular flexibility index (Phi) is 4.99. The molecule has 1 aromatic heterocycles. The maximum Gasteiger partial charge on any atom is 0.346 e. The van der Waals surface area contributed by atoms with E-state index in [-0.39, 0.29) is 10.9 Å². The van der Waals surface area contributed by atoms with Crippen molar-refractivity contribution in [3.8, 4) is 5.88 Å². The molecule has 12 heteroatoms. The number of rotatable bonds is 4. The van der Waals surface area contributed by atoms with Crippen molar-refractivity contribution in [3.05, 3.63) is 40.8 Å². The predicted molar refractivity (Wildman–Crippen MR) is 72.6 cm³/mol. The van der Waals surface area contributed by atoms with Crippen molar-refractivity contribution in [2.24, 2.45) is 0 Å². The van der Waals surface area contributed by atoms with Gasteiger partial charge in [0.1, 0.15) is 0 Å². The molecule has 1 heterocycles. The normalized spacial score (nSPS) is 11.6. The summed E-state index contributed by atoms with van der Waals surface area (Å²) in [4.78, 5) is 5.42. The molecule has 0 aliphatic rings. The summed E-state index contributed by atoms with van der Waals surface area (Å²) >= 11 is 1.02. The molecular weight excluding hydrogens is 379 g/mol. The fraction of sp³-hybridized carbons (Fsp3) is 0.167. The molecule has 0 aliphatic carbocycles. The van der Waals surface area contributed by atoms with Crippen LogP contribution in [0, 0.1) is 36.0 Å². The highest BCUT2D eigenvalue weighted by Crippen LogP contribution is 2.29. The van der Waals surface area contributed by atoms with E-state index in [2.05, 4.69) is 14.2 Å². The van der Waals surface area contributed by atoms with Crippen LogP contribution in [-0.2, 0) is 10.1 Å². The van der Waals surface area contributed by atoms with Gasteiger partial charge in [0, 0.05) is 11.8 Å². The van der Waals surface area contributed by atoms with Gasteiger partial charge in [-0.3, -0.25) is 0 Å². The maximum absolute atomic E-state index is 13.6. The lowest BCUT2D eigenvalue weighted by molar-refractivity contribution is 0.352. The number of aryl methyl sites for hydroxylation is 1. The highest BCUT2D eigenvalue weighted by Gasteiger charge is 2.35. The second-order valence-electron chi connectivity index (χ2n) is 4.27. The average molecular weight is 386 g/mol. The van der Waals surface area contributed by atoms with Gasteiger partial charge in [0.25, 0.3) is 0 Å². The first-order chi connectivity index (χ1) is 11.1. The zero-order valence-corrected chi connectivity index (χ0v) is 13.5. The maximum atomic E-state index is 13.6. The molecule has 0 saturated heterocycles. The summed E-state index contributed by atoms with van der Waals surface area (Å²) in [7, 11) is -5.37. The van der Waals surface area contributed by atoms with E-state index < -0.39 is 50.0 Å². The van der Waals surface area contributed by atoms with Gasteiger partial charge in [-0.2, -0.15) is 13.4 Å². The van der Waals surface area contributed by atoms with Crippen LogP contribution in [0.2, 0.25) is 0 Å². The minimum absolute atomic E-state index is 0.0811. The molecule has 0 amide bonds. The number of thioether (sulfide) groups is 1. The lowest BCUT2D eigenvalue weighted by atomic mass is 10.3. The third kappa shape index (κ3) is 3.29. The molecule has 0 fully saturated rings. The van der Waals surface area contributed by atoms with Crippen molar-refractivity contribution in [2.45, 2.75) is 17.0 Å². The molecule has 0 atom stereocenters. The third-order valence-corrected chi connectivity index (χ3v) is 4.40. The molecule has 5 nitrogen and oxygen atoms in total. The highest BCUT2D eigenvalue weighted by molar-refractivity contribution is 7.98. The molecule has 0 spiro atoms. The molecular formula is C12H7F5N2O3S2. The Balaban J connectivity index is 2.59. The molecule has 0 aliphatic heterocycles. The first kappa shape index (κ1) is 18.4. The molecule has 0 N–H and O–H groups in total. The number of nitrogens with zero attached hydrogens (tertiary/aromatic N) is 2. The van der Waals surface area contributed by atoms with Crippen LogP contribution in [0.25, 0.3) is 0 Å². The number of aromatic nitrogens is 2. The monoisotopic (exact) mass is 386 g/mol. The van der Waals surface area contributed by atoms with Crippen LogP contribution in [0.15, 0.2) is 16.1 Å². The first-order valence-electron chi connectivity index (χ1n) is 5.94. The lowest BCUT2D eigenvalue weighted by Crippen LogP contribution is -2.18. The summed E-state index contributed by atoms with van der Waals surface area (Å²) in [6.45, 7) is 1.46. The van der Waals surface area contributed by atoms with Crippen LogP contribution in [0.3, 0.4) is 0 Å². The Bertz CT molecular complexity index is 892. The summed E-state index contributed by atoms with van der Waals surface area (Å²) < 4.78 is 94.8. The highest BCUT2D eigenvalue weighted by atomic mass is 32.2. The van der Waals surface area contributed by atoms with E-state index in [1.807, 2.05) is 0 Å². The van der Waals surface area contributed by atoms with Crippen LogP contribution in [-0.4, -0.2) is 24.6 Å². The predicted octanol–water partition coefficient (Wildman–Crippen LogP) is 2.97. The fourth-order valence-electron chi connectivity index (χ4n) is 1.61. The van der Waals surface area contributed by atoms with Gasteiger partial charge in [0.15, 0.2) is 33.3 Å². The molecule has 2 rings (SSSR count). The van der Waals surface area contributed by atoms with E-state index in [1.165, 1.54) is 6.92 Å². The van der Waals surface area contributed by atoms with Crippen molar-refractivity contribution < 1.29 is 34.6 Å². The third-order valence-electron chi connectivity index (χ3n) is 2.61. The van der Waals surface area contributed by atoms with Crippen molar-refractivity contribution in [1.29, 1.82) is 0 Å². The van der Waals surface area contributed by atoms with Gasteiger partial charge >= 0.3 is 10.1 Å². The quantitative estimate of drug-likeness (QED) is 0.201. The van der Waals surface area contributed by atoms with E-state index in [1.54, 1.807) is 6.26 Å². The van der Waals surface area contributed by atoms with E-state index in [9.17, 15) is 30.4 Å². The summed E-state index contributed by atoms with van der Waals surface area (Å²) in [6, 6.07) is 1.02. The lowest BCUT2D eigenvalue weighted by Gasteiger charge is -2.10. The van der Waals surface area contributed by atoms with E-state index in [0.29, 0.717) is 0 Å². The van der Waals surface area contributed by atoms with E-state index in [4.69, 9.17) is 0 Å². The summed E-state index contributed by atoms with van der Waals surface area (Å²) in [5.74, 6) is -13.0. The molecule has 24 heavy (non-hydrogen) atoms. The zero-order valence-electron chi connectivity index (χ0n) is 11.9. The topological polar surface area (TPSA) is 69.2 Å². The van der Waals surface area contributed by atoms with Gasteiger partial charge in [0.05, 0.1) is 0 Å². The Morgan fingerprint density at radius 2 is 1.46 bits per heavy atom. The first-order valence-corrected chi connectivity index (χ1v) is 8.57. The molecule has 1 aromatic carbocycles. The summed E-state index contributed by atoms with van der Waals surface area (Å²) in [6.07, 6.45) is 1.57. The van der Waals surface area contributed by atoms with Crippen molar-refractivity contribution in [1.82, 2.24) is 9.97 Å². The van der Waals surface area contributed by atoms with Gasteiger partial charge in [-0.25, -0.2) is 26.9 Å². The SMILES string of the molecule is CSc1nc(C)cc(OS(=O)(=O)c2c(F)c(F)c(F)c(F)c2F)n1.